The summed E-state index contributed by atoms with van der Waals surface area (Å²) in [5.74, 6) is -3.50. The number of carbonyl (C=O) groups is 2. The van der Waals surface area contributed by atoms with Crippen LogP contribution in [0.25, 0.3) is 11.2 Å². The van der Waals surface area contributed by atoms with Gasteiger partial charge >= 0.3 is 6.03 Å². The third-order valence-electron chi connectivity index (χ3n) is 2.96. The highest BCUT2D eigenvalue weighted by atomic mass is 19.1. The number of urea groups is 1. The minimum Gasteiger partial charge on any atom is -0.366 e. The summed E-state index contributed by atoms with van der Waals surface area (Å²) in [6, 6.07) is 0.663. The summed E-state index contributed by atoms with van der Waals surface area (Å²) in [6.07, 6.45) is 1.13. The van der Waals surface area contributed by atoms with Crippen LogP contribution in [0.1, 0.15) is 10.4 Å². The number of benzene rings is 1. The summed E-state index contributed by atoms with van der Waals surface area (Å²) in [7, 11) is 0. The van der Waals surface area contributed by atoms with Crippen molar-refractivity contribution < 1.29 is 18.4 Å². The molecule has 3 rings (SSSR count). The molecular weight excluding hydrogens is 326 g/mol. The van der Waals surface area contributed by atoms with Gasteiger partial charge < -0.3 is 11.1 Å². The van der Waals surface area contributed by atoms with E-state index in [9.17, 15) is 18.4 Å². The van der Waals surface area contributed by atoms with Gasteiger partial charge in [0.25, 0.3) is 5.91 Å². The largest absolute Gasteiger partial charge is 0.366 e. The lowest BCUT2D eigenvalue weighted by atomic mass is 10.1. The van der Waals surface area contributed by atoms with Gasteiger partial charge in [0.2, 0.25) is 0 Å². The molecule has 12 heteroatoms. The maximum absolute atomic E-state index is 14.1. The Bertz CT molecular complexity index is 957. The van der Waals surface area contributed by atoms with Gasteiger partial charge in [0, 0.05) is 0 Å². The van der Waals surface area contributed by atoms with E-state index in [1.54, 1.807) is 0 Å². The average molecular weight is 334 g/mol. The van der Waals surface area contributed by atoms with Crippen molar-refractivity contribution in [2.45, 2.75) is 0 Å². The number of hydrogen-bond donors (Lipinski definition) is 4. The minimum atomic E-state index is -1.29. The van der Waals surface area contributed by atoms with E-state index in [4.69, 9.17) is 5.73 Å². The normalized spacial score (nSPS) is 10.6. The van der Waals surface area contributed by atoms with Crippen LogP contribution in [0.4, 0.5) is 25.1 Å². The van der Waals surface area contributed by atoms with Crippen LogP contribution in [0.5, 0.6) is 0 Å². The first-order valence-electron chi connectivity index (χ1n) is 6.35. The van der Waals surface area contributed by atoms with Crippen molar-refractivity contribution in [1.29, 1.82) is 0 Å². The fraction of sp³-hybridized carbons (Fsp3) is 0. The highest BCUT2D eigenvalue weighted by Crippen LogP contribution is 2.22. The topological polar surface area (TPSA) is 152 Å². The Morgan fingerprint density at radius 3 is 2.71 bits per heavy atom. The van der Waals surface area contributed by atoms with Crippen LogP contribution in [0.15, 0.2) is 18.5 Å². The zero-order valence-electron chi connectivity index (χ0n) is 11.7. The minimum absolute atomic E-state index is 0.0295. The smallest absolute Gasteiger partial charge is 0.325 e. The van der Waals surface area contributed by atoms with Gasteiger partial charge in [0.1, 0.15) is 17.8 Å². The number of H-pyrrole nitrogens is 1. The van der Waals surface area contributed by atoms with Gasteiger partial charge in [-0.15, -0.1) is 5.10 Å². The molecule has 5 N–H and O–H groups in total. The van der Waals surface area contributed by atoms with E-state index in [-0.39, 0.29) is 17.0 Å². The first-order valence-corrected chi connectivity index (χ1v) is 6.35. The molecule has 0 unspecified atom stereocenters. The predicted octanol–water partition coefficient (Wildman–Crippen LogP) is 0.769. The van der Waals surface area contributed by atoms with Crippen LogP contribution >= 0.6 is 0 Å². The molecule has 0 saturated carbocycles. The van der Waals surface area contributed by atoms with E-state index in [1.165, 1.54) is 0 Å². The number of amides is 3. The fourth-order valence-corrected chi connectivity index (χ4v) is 1.88. The maximum atomic E-state index is 14.1. The van der Waals surface area contributed by atoms with E-state index in [1.807, 2.05) is 5.32 Å². The number of rotatable bonds is 3. The summed E-state index contributed by atoms with van der Waals surface area (Å²) in [4.78, 5) is 30.6. The van der Waals surface area contributed by atoms with E-state index < -0.39 is 34.8 Å². The number of hydrogen-bond acceptors (Lipinski definition) is 6. The molecule has 0 radical (unpaired) electrons. The van der Waals surface area contributed by atoms with Crippen LogP contribution in [-0.2, 0) is 0 Å². The summed E-state index contributed by atoms with van der Waals surface area (Å²) in [5, 5.41) is 13.8. The third-order valence-corrected chi connectivity index (χ3v) is 2.96. The molecule has 122 valence electrons. The lowest BCUT2D eigenvalue weighted by Gasteiger charge is -2.10. The number of halogens is 2. The molecule has 0 atom stereocenters. The number of nitrogens with two attached hydrogens (primary N) is 1. The first-order chi connectivity index (χ1) is 11.5. The molecule has 0 fully saturated rings. The number of primary amides is 1. The van der Waals surface area contributed by atoms with E-state index in [0.717, 1.165) is 18.5 Å². The molecule has 0 aliphatic rings. The van der Waals surface area contributed by atoms with Crippen LogP contribution in [0.3, 0.4) is 0 Å². The maximum Gasteiger partial charge on any atom is 0.325 e. The molecule has 1 aromatic carbocycles. The van der Waals surface area contributed by atoms with Crippen molar-refractivity contribution in [2.75, 3.05) is 10.6 Å². The summed E-state index contributed by atoms with van der Waals surface area (Å²) in [6.45, 7) is 0. The SMILES string of the molecule is NC(=O)c1ccc(F)c(NC(=O)Nc2ncnc3[nH]nnc23)c1F. The van der Waals surface area contributed by atoms with Crippen molar-refractivity contribution in [2.24, 2.45) is 5.73 Å². The Morgan fingerprint density at radius 1 is 1.17 bits per heavy atom. The van der Waals surface area contributed by atoms with Gasteiger partial charge in [-0.05, 0) is 12.1 Å². The second-order valence-electron chi connectivity index (χ2n) is 4.46. The quantitative estimate of drug-likeness (QED) is 0.555. The number of aromatic nitrogens is 5. The highest BCUT2D eigenvalue weighted by Gasteiger charge is 2.19. The van der Waals surface area contributed by atoms with E-state index in [0.29, 0.717) is 0 Å². The van der Waals surface area contributed by atoms with Crippen LogP contribution < -0.4 is 16.4 Å². The van der Waals surface area contributed by atoms with Crippen molar-refractivity contribution in [1.82, 2.24) is 25.4 Å². The molecule has 0 bridgehead atoms. The molecule has 3 aromatic rings. The van der Waals surface area contributed by atoms with Crippen LogP contribution in [0.2, 0.25) is 0 Å². The third kappa shape index (κ3) is 2.67. The van der Waals surface area contributed by atoms with Gasteiger partial charge in [0.05, 0.1) is 5.56 Å². The number of nitrogens with one attached hydrogen (secondary N) is 3. The molecule has 0 aliphatic carbocycles. The van der Waals surface area contributed by atoms with E-state index >= 15 is 0 Å². The van der Waals surface area contributed by atoms with Gasteiger partial charge in [-0.2, -0.15) is 0 Å². The molecule has 3 amide bonds. The van der Waals surface area contributed by atoms with Gasteiger partial charge in [0.15, 0.2) is 22.8 Å². The van der Waals surface area contributed by atoms with E-state index in [2.05, 4.69) is 30.7 Å². The Hall–Kier alpha value is -3.70. The first kappa shape index (κ1) is 15.2. The number of aromatic amines is 1. The zero-order valence-corrected chi connectivity index (χ0v) is 11.7. The second-order valence-corrected chi connectivity index (χ2v) is 4.46. The Morgan fingerprint density at radius 2 is 1.96 bits per heavy atom. The molecule has 0 spiro atoms. The van der Waals surface area contributed by atoms with Crippen molar-refractivity contribution >= 4 is 34.6 Å². The molecule has 0 saturated heterocycles. The van der Waals surface area contributed by atoms with Crippen molar-refractivity contribution in [3.8, 4) is 0 Å². The Labute approximate surface area is 131 Å². The summed E-state index contributed by atoms with van der Waals surface area (Å²) >= 11 is 0. The second kappa shape index (κ2) is 5.83. The Kier molecular flexibility index (Phi) is 3.69. The highest BCUT2D eigenvalue weighted by molar-refractivity contribution is 6.03. The number of anilines is 2. The van der Waals surface area contributed by atoms with Gasteiger partial charge in [-0.1, -0.05) is 5.21 Å². The molecule has 24 heavy (non-hydrogen) atoms. The standard InChI is InChI=1S/C12H8F2N8O2/c13-5-2-1-4(9(15)23)6(14)7(5)18-12(24)19-10-8-11(17-3-16-10)21-22-20-8/h1-3H,(H2,15,23)(H3,16,17,18,19,20,21,22,24). The summed E-state index contributed by atoms with van der Waals surface area (Å²) in [5.41, 5.74) is 4.00. The van der Waals surface area contributed by atoms with Gasteiger partial charge in [-0.3, -0.25) is 10.1 Å². The molecule has 0 aliphatic heterocycles. The Balaban J connectivity index is 1.87. The lowest BCUT2D eigenvalue weighted by molar-refractivity contribution is 0.0996. The molecule has 2 heterocycles. The monoisotopic (exact) mass is 334 g/mol. The number of carbonyl (C=O) groups excluding carboxylic acids is 2. The van der Waals surface area contributed by atoms with Crippen molar-refractivity contribution in [3.05, 3.63) is 35.7 Å². The lowest BCUT2D eigenvalue weighted by Crippen LogP contribution is -2.23. The molecule has 10 nitrogen and oxygen atoms in total. The number of nitrogens with zero attached hydrogens (tertiary/aromatic N) is 4. The molecular formula is C12H8F2N8O2. The average Bonchev–Trinajstić information content (AvgIpc) is 3.00. The van der Waals surface area contributed by atoms with Crippen molar-refractivity contribution in [3.63, 3.8) is 0 Å². The van der Waals surface area contributed by atoms with Gasteiger partial charge in [-0.25, -0.2) is 28.6 Å². The summed E-state index contributed by atoms with van der Waals surface area (Å²) < 4.78 is 27.8. The number of fused-ring (bicyclic) bond motifs is 1. The molecule has 2 aromatic heterocycles. The van der Waals surface area contributed by atoms with Crippen LogP contribution in [0, 0.1) is 11.6 Å². The predicted molar refractivity (Wildman–Crippen MR) is 77.0 cm³/mol. The fourth-order valence-electron chi connectivity index (χ4n) is 1.88. The van der Waals surface area contributed by atoms with Crippen LogP contribution in [-0.4, -0.2) is 37.3 Å². The zero-order chi connectivity index (χ0) is 17.3.